The van der Waals surface area contributed by atoms with E-state index in [0.717, 1.165) is 6.54 Å². The zero-order valence-electron chi connectivity index (χ0n) is 8.37. The summed E-state index contributed by atoms with van der Waals surface area (Å²) in [4.78, 5) is 4.53. The van der Waals surface area contributed by atoms with Crippen molar-refractivity contribution >= 4 is 6.21 Å². The molecule has 0 radical (unpaired) electrons. The molecule has 1 saturated carbocycles. The molecule has 0 amide bonds. The fourth-order valence-corrected chi connectivity index (χ4v) is 2.94. The summed E-state index contributed by atoms with van der Waals surface area (Å²) in [6.45, 7) is 0.887. The van der Waals surface area contributed by atoms with Gasteiger partial charge in [-0.2, -0.15) is 0 Å². The van der Waals surface area contributed by atoms with Gasteiger partial charge in [0, 0.05) is 11.6 Å². The van der Waals surface area contributed by atoms with Gasteiger partial charge >= 0.3 is 0 Å². The fraction of sp³-hybridized carbons (Fsp3) is 0.462. The average Bonchev–Trinajstić information content (AvgIpc) is 2.68. The zero-order valence-corrected chi connectivity index (χ0v) is 8.37. The highest BCUT2D eigenvalue weighted by atomic mass is 14.7. The molecule has 14 heavy (non-hydrogen) atoms. The third-order valence-corrected chi connectivity index (χ3v) is 3.65. The van der Waals surface area contributed by atoms with Gasteiger partial charge in [-0.1, -0.05) is 37.1 Å². The molecule has 1 aromatic rings. The molecule has 0 unspecified atom stereocenters. The van der Waals surface area contributed by atoms with Crippen molar-refractivity contribution in [3.8, 4) is 0 Å². The van der Waals surface area contributed by atoms with Gasteiger partial charge in [0.15, 0.2) is 0 Å². The van der Waals surface area contributed by atoms with Crippen LogP contribution < -0.4 is 0 Å². The Morgan fingerprint density at radius 2 is 1.86 bits per heavy atom. The first kappa shape index (κ1) is 8.22. The summed E-state index contributed by atoms with van der Waals surface area (Å²) >= 11 is 0. The third kappa shape index (κ3) is 1.05. The van der Waals surface area contributed by atoms with Crippen molar-refractivity contribution in [3.63, 3.8) is 0 Å². The summed E-state index contributed by atoms with van der Waals surface area (Å²) in [5, 5.41) is 0. The van der Waals surface area contributed by atoms with E-state index in [1.54, 1.807) is 5.56 Å². The molecule has 2 aliphatic rings. The van der Waals surface area contributed by atoms with E-state index in [-0.39, 0.29) is 0 Å². The van der Waals surface area contributed by atoms with Gasteiger partial charge < -0.3 is 0 Å². The van der Waals surface area contributed by atoms with Crippen LogP contribution in [-0.2, 0) is 12.0 Å². The first-order valence-electron chi connectivity index (χ1n) is 5.50. The maximum absolute atomic E-state index is 4.53. The Morgan fingerprint density at radius 3 is 2.71 bits per heavy atom. The summed E-state index contributed by atoms with van der Waals surface area (Å²) in [7, 11) is 0. The molecular weight excluding hydrogens is 170 g/mol. The van der Waals surface area contributed by atoms with Crippen molar-refractivity contribution in [2.45, 2.75) is 37.6 Å². The van der Waals surface area contributed by atoms with E-state index >= 15 is 0 Å². The van der Waals surface area contributed by atoms with Crippen LogP contribution in [0.2, 0.25) is 0 Å². The van der Waals surface area contributed by atoms with E-state index in [0.29, 0.717) is 5.41 Å². The normalized spacial score (nSPS) is 22.6. The Labute approximate surface area is 84.9 Å². The number of hydrogen-bond acceptors (Lipinski definition) is 1. The summed E-state index contributed by atoms with van der Waals surface area (Å²) in [6, 6.07) is 8.82. The minimum atomic E-state index is 0.314. The molecule has 0 saturated heterocycles. The van der Waals surface area contributed by atoms with Gasteiger partial charge in [0.2, 0.25) is 0 Å². The number of benzene rings is 1. The molecule has 0 atom stereocenters. The summed E-state index contributed by atoms with van der Waals surface area (Å²) in [5.74, 6) is 0. The number of aliphatic imine (C=N–C) groups is 1. The summed E-state index contributed by atoms with van der Waals surface area (Å²) in [6.07, 6.45) is 7.55. The highest BCUT2D eigenvalue weighted by Gasteiger charge is 2.36. The minimum absolute atomic E-state index is 0.314. The van der Waals surface area contributed by atoms with E-state index in [9.17, 15) is 0 Å². The molecule has 0 N–H and O–H groups in total. The number of nitrogens with zero attached hydrogens (tertiary/aromatic N) is 1. The van der Waals surface area contributed by atoms with Gasteiger partial charge in [-0.15, -0.1) is 0 Å². The molecule has 1 aliphatic heterocycles. The Kier molecular flexibility index (Phi) is 1.73. The van der Waals surface area contributed by atoms with Crippen LogP contribution in [-0.4, -0.2) is 6.21 Å². The molecule has 1 fully saturated rings. The Bertz CT molecular complexity index is 373. The zero-order chi connectivity index (χ0) is 9.43. The van der Waals surface area contributed by atoms with Crippen molar-refractivity contribution in [3.05, 3.63) is 35.4 Å². The maximum atomic E-state index is 4.53. The van der Waals surface area contributed by atoms with Gasteiger partial charge in [-0.3, -0.25) is 4.99 Å². The lowest BCUT2D eigenvalue weighted by Crippen LogP contribution is -2.28. The van der Waals surface area contributed by atoms with Crippen molar-refractivity contribution < 1.29 is 0 Å². The van der Waals surface area contributed by atoms with Gasteiger partial charge in [0.25, 0.3) is 0 Å². The first-order chi connectivity index (χ1) is 6.91. The van der Waals surface area contributed by atoms with Crippen LogP contribution >= 0.6 is 0 Å². The molecule has 0 bridgehead atoms. The Hall–Kier alpha value is -1.11. The molecule has 1 aliphatic carbocycles. The molecule has 1 heterocycles. The number of rotatable bonds is 0. The first-order valence-corrected chi connectivity index (χ1v) is 5.50. The predicted octanol–water partition coefficient (Wildman–Crippen LogP) is 3.08. The van der Waals surface area contributed by atoms with Crippen molar-refractivity contribution in [1.82, 2.24) is 0 Å². The molecular formula is C13H15N. The van der Waals surface area contributed by atoms with E-state index in [4.69, 9.17) is 0 Å². The lowest BCUT2D eigenvalue weighted by Gasteiger charge is -2.30. The van der Waals surface area contributed by atoms with Crippen LogP contribution in [0.4, 0.5) is 0 Å². The molecule has 1 spiro atoms. The van der Waals surface area contributed by atoms with Gasteiger partial charge in [0.05, 0.1) is 6.54 Å². The van der Waals surface area contributed by atoms with Crippen LogP contribution in [0, 0.1) is 0 Å². The third-order valence-electron chi connectivity index (χ3n) is 3.65. The monoisotopic (exact) mass is 185 g/mol. The van der Waals surface area contributed by atoms with Crippen LogP contribution in [0.5, 0.6) is 0 Å². The average molecular weight is 185 g/mol. The SMILES string of the molecule is C1=NCc2ccccc2C12CCCC2. The molecule has 1 nitrogen and oxygen atoms in total. The van der Waals surface area contributed by atoms with E-state index in [1.165, 1.54) is 31.2 Å². The van der Waals surface area contributed by atoms with Gasteiger partial charge in [-0.05, 0) is 24.0 Å². The second-order valence-electron chi connectivity index (χ2n) is 4.49. The van der Waals surface area contributed by atoms with Crippen LogP contribution in [0.1, 0.15) is 36.8 Å². The standard InChI is InChI=1S/C13H15N/c1-2-6-12-11(5-1)9-14-10-13(12)7-3-4-8-13/h1-2,5-6,10H,3-4,7-9H2. The quantitative estimate of drug-likeness (QED) is 0.589. The highest BCUT2D eigenvalue weighted by molar-refractivity contribution is 5.76. The van der Waals surface area contributed by atoms with Crippen LogP contribution in [0.15, 0.2) is 29.3 Å². The smallest absolute Gasteiger partial charge is 0.0639 e. The molecule has 1 aromatic carbocycles. The topological polar surface area (TPSA) is 12.4 Å². The number of fused-ring (bicyclic) bond motifs is 2. The predicted molar refractivity (Wildman–Crippen MR) is 58.8 cm³/mol. The van der Waals surface area contributed by atoms with E-state index < -0.39 is 0 Å². The maximum Gasteiger partial charge on any atom is 0.0639 e. The lowest BCUT2D eigenvalue weighted by atomic mass is 9.76. The summed E-state index contributed by atoms with van der Waals surface area (Å²) < 4.78 is 0. The molecule has 1 heteroatoms. The van der Waals surface area contributed by atoms with Gasteiger partial charge in [-0.25, -0.2) is 0 Å². The van der Waals surface area contributed by atoms with Gasteiger partial charge in [0.1, 0.15) is 0 Å². The van der Waals surface area contributed by atoms with Crippen molar-refractivity contribution in [2.24, 2.45) is 4.99 Å². The lowest BCUT2D eigenvalue weighted by molar-refractivity contribution is 0.590. The second-order valence-corrected chi connectivity index (χ2v) is 4.49. The molecule has 0 aromatic heterocycles. The van der Waals surface area contributed by atoms with E-state index in [1.807, 2.05) is 0 Å². The van der Waals surface area contributed by atoms with E-state index in [2.05, 4.69) is 35.5 Å². The van der Waals surface area contributed by atoms with Crippen molar-refractivity contribution in [2.75, 3.05) is 0 Å². The number of hydrogen-bond donors (Lipinski definition) is 0. The highest BCUT2D eigenvalue weighted by Crippen LogP contribution is 2.42. The molecule has 72 valence electrons. The minimum Gasteiger partial charge on any atom is -0.292 e. The Morgan fingerprint density at radius 1 is 1.07 bits per heavy atom. The second kappa shape index (κ2) is 2.94. The largest absolute Gasteiger partial charge is 0.292 e. The summed E-state index contributed by atoms with van der Waals surface area (Å²) in [5.41, 5.74) is 3.30. The fourth-order valence-electron chi connectivity index (χ4n) is 2.94. The molecule has 3 rings (SSSR count). The van der Waals surface area contributed by atoms with Crippen LogP contribution in [0.25, 0.3) is 0 Å². The van der Waals surface area contributed by atoms with Crippen molar-refractivity contribution in [1.29, 1.82) is 0 Å². The Balaban J connectivity index is 2.15. The van der Waals surface area contributed by atoms with Crippen LogP contribution in [0.3, 0.4) is 0 Å².